The number of rotatable bonds is 11. The molecule has 2 rings (SSSR count). The van der Waals surface area contributed by atoms with E-state index in [9.17, 15) is 9.90 Å². The number of hydrogen-bond acceptors (Lipinski definition) is 2. The van der Waals surface area contributed by atoms with E-state index in [0.717, 1.165) is 6.42 Å². The van der Waals surface area contributed by atoms with Crippen molar-refractivity contribution in [3.63, 3.8) is 0 Å². The molecule has 0 spiro atoms. The van der Waals surface area contributed by atoms with Gasteiger partial charge >= 0.3 is 0 Å². The van der Waals surface area contributed by atoms with Crippen LogP contribution in [0.2, 0.25) is 0 Å². The smallest absolute Gasteiger partial charge is 0.224 e. The predicted molar refractivity (Wildman–Crippen MR) is 108 cm³/mol. The number of nitrogens with one attached hydrogen (secondary N) is 1. The summed E-state index contributed by atoms with van der Waals surface area (Å²) in [7, 11) is 0. The molecule has 0 radical (unpaired) electrons. The highest BCUT2D eigenvalue weighted by molar-refractivity contribution is 5.83. The standard InChI is InChI=1S/C23H37NO2/c1-4-5-6-7-8-9-10-11-18-12-14-19(15-13-18)22-20(16-25)24-23(26)21(22)17(2)3/h12-15,17,20-22,25H,4-11,16H2,1-3H3,(H,24,26)/t20-,21-,22+/m1/s1. The zero-order valence-corrected chi connectivity index (χ0v) is 16.8. The Morgan fingerprint density at radius 1 is 1.00 bits per heavy atom. The zero-order chi connectivity index (χ0) is 18.9. The van der Waals surface area contributed by atoms with E-state index in [4.69, 9.17) is 0 Å². The molecule has 1 aromatic carbocycles. The number of hydrogen-bond donors (Lipinski definition) is 2. The van der Waals surface area contributed by atoms with Crippen LogP contribution in [-0.4, -0.2) is 23.7 Å². The van der Waals surface area contributed by atoms with E-state index in [0.29, 0.717) is 0 Å². The molecule has 1 saturated heterocycles. The summed E-state index contributed by atoms with van der Waals surface area (Å²) in [6.45, 7) is 6.44. The number of carbonyl (C=O) groups is 1. The van der Waals surface area contributed by atoms with Crippen LogP contribution >= 0.6 is 0 Å². The van der Waals surface area contributed by atoms with Gasteiger partial charge in [-0.15, -0.1) is 0 Å². The highest BCUT2D eigenvalue weighted by Crippen LogP contribution is 2.38. The van der Waals surface area contributed by atoms with E-state index in [1.54, 1.807) is 0 Å². The van der Waals surface area contributed by atoms with Gasteiger partial charge in [0.25, 0.3) is 0 Å². The van der Waals surface area contributed by atoms with Crippen molar-refractivity contribution in [2.75, 3.05) is 6.61 Å². The first-order valence-electron chi connectivity index (χ1n) is 10.6. The lowest BCUT2D eigenvalue weighted by Crippen LogP contribution is -2.31. The zero-order valence-electron chi connectivity index (χ0n) is 16.8. The number of carbonyl (C=O) groups excluding carboxylic acids is 1. The number of unbranched alkanes of at least 4 members (excludes halogenated alkanes) is 6. The summed E-state index contributed by atoms with van der Waals surface area (Å²) in [5.74, 6) is 0.362. The van der Waals surface area contributed by atoms with Crippen LogP contribution in [0.5, 0.6) is 0 Å². The quantitative estimate of drug-likeness (QED) is 0.556. The second-order valence-electron chi connectivity index (χ2n) is 8.21. The monoisotopic (exact) mass is 359 g/mol. The minimum Gasteiger partial charge on any atom is -0.394 e. The van der Waals surface area contributed by atoms with Crippen LogP contribution in [0.25, 0.3) is 0 Å². The molecule has 146 valence electrons. The van der Waals surface area contributed by atoms with Gasteiger partial charge in [0.15, 0.2) is 0 Å². The maximum Gasteiger partial charge on any atom is 0.224 e. The highest BCUT2D eigenvalue weighted by Gasteiger charge is 2.43. The van der Waals surface area contributed by atoms with Crippen molar-refractivity contribution in [3.05, 3.63) is 35.4 Å². The molecular formula is C23H37NO2. The average Bonchev–Trinajstić information content (AvgIpc) is 2.98. The predicted octanol–water partition coefficient (Wildman–Crippen LogP) is 4.83. The fourth-order valence-electron chi connectivity index (χ4n) is 4.29. The first kappa shape index (κ1) is 21.0. The lowest BCUT2D eigenvalue weighted by molar-refractivity contribution is -0.123. The summed E-state index contributed by atoms with van der Waals surface area (Å²) in [6.07, 6.45) is 10.5. The summed E-state index contributed by atoms with van der Waals surface area (Å²) in [5.41, 5.74) is 2.55. The third-order valence-electron chi connectivity index (χ3n) is 5.80. The van der Waals surface area contributed by atoms with Gasteiger partial charge in [0.05, 0.1) is 12.6 Å². The molecule has 0 aliphatic carbocycles. The van der Waals surface area contributed by atoms with Crippen molar-refractivity contribution in [3.8, 4) is 0 Å². The Bertz CT molecular complexity index is 538. The number of aryl methyl sites for hydroxylation is 1. The van der Waals surface area contributed by atoms with E-state index in [1.807, 2.05) is 0 Å². The van der Waals surface area contributed by atoms with Crippen LogP contribution in [-0.2, 0) is 11.2 Å². The van der Waals surface area contributed by atoms with E-state index in [2.05, 4.69) is 50.4 Å². The molecule has 0 bridgehead atoms. The lowest BCUT2D eigenvalue weighted by Gasteiger charge is -2.24. The first-order valence-corrected chi connectivity index (χ1v) is 10.6. The molecule has 2 N–H and O–H groups in total. The number of aliphatic hydroxyl groups is 1. The molecule has 1 fully saturated rings. The Hall–Kier alpha value is -1.35. The topological polar surface area (TPSA) is 49.3 Å². The Balaban J connectivity index is 1.88. The number of benzene rings is 1. The third-order valence-corrected chi connectivity index (χ3v) is 5.80. The van der Waals surface area contributed by atoms with Crippen LogP contribution in [0, 0.1) is 11.8 Å². The molecule has 0 aromatic heterocycles. The minimum atomic E-state index is -0.163. The van der Waals surface area contributed by atoms with Crippen molar-refractivity contribution in [2.24, 2.45) is 11.8 Å². The Morgan fingerprint density at radius 3 is 2.19 bits per heavy atom. The average molecular weight is 360 g/mol. The van der Waals surface area contributed by atoms with Gasteiger partial charge in [-0.2, -0.15) is 0 Å². The Kier molecular flexibility index (Phi) is 8.64. The van der Waals surface area contributed by atoms with Gasteiger partial charge in [-0.1, -0.05) is 83.6 Å². The SMILES string of the molecule is CCCCCCCCCc1ccc([C@@H]2[C@@H](C(C)C)C(=O)N[C@@H]2CO)cc1. The van der Waals surface area contributed by atoms with Crippen molar-refractivity contribution < 1.29 is 9.90 Å². The fraction of sp³-hybridized carbons (Fsp3) is 0.696. The van der Waals surface area contributed by atoms with Crippen LogP contribution < -0.4 is 5.32 Å². The summed E-state index contributed by atoms with van der Waals surface area (Å²) in [6, 6.07) is 8.59. The molecule has 1 heterocycles. The van der Waals surface area contributed by atoms with Crippen molar-refractivity contribution >= 4 is 5.91 Å². The third kappa shape index (κ3) is 5.57. The van der Waals surface area contributed by atoms with Crippen LogP contribution in [0.1, 0.15) is 82.8 Å². The maximum absolute atomic E-state index is 12.3. The molecule has 3 heteroatoms. The summed E-state index contributed by atoms with van der Waals surface area (Å²) < 4.78 is 0. The summed E-state index contributed by atoms with van der Waals surface area (Å²) in [5, 5.41) is 12.6. The Morgan fingerprint density at radius 2 is 1.62 bits per heavy atom. The van der Waals surface area contributed by atoms with Crippen molar-refractivity contribution in [2.45, 2.75) is 84.1 Å². The largest absolute Gasteiger partial charge is 0.394 e. The summed E-state index contributed by atoms with van der Waals surface area (Å²) >= 11 is 0. The molecule has 1 aromatic rings. The summed E-state index contributed by atoms with van der Waals surface area (Å²) in [4.78, 5) is 12.3. The van der Waals surface area contributed by atoms with E-state index >= 15 is 0 Å². The normalized spacial score (nSPS) is 22.8. The van der Waals surface area contributed by atoms with Gasteiger partial charge < -0.3 is 10.4 Å². The van der Waals surface area contributed by atoms with Gasteiger partial charge in [0, 0.05) is 11.8 Å². The molecule has 1 amide bonds. The van der Waals surface area contributed by atoms with Gasteiger partial charge in [-0.05, 0) is 29.9 Å². The molecule has 3 nitrogen and oxygen atoms in total. The van der Waals surface area contributed by atoms with Crippen LogP contribution in [0.15, 0.2) is 24.3 Å². The first-order chi connectivity index (χ1) is 12.6. The molecule has 26 heavy (non-hydrogen) atoms. The van der Waals surface area contributed by atoms with E-state index < -0.39 is 0 Å². The second-order valence-corrected chi connectivity index (χ2v) is 8.21. The van der Waals surface area contributed by atoms with Crippen LogP contribution in [0.4, 0.5) is 0 Å². The van der Waals surface area contributed by atoms with Gasteiger partial charge in [0.1, 0.15) is 0 Å². The van der Waals surface area contributed by atoms with Crippen molar-refractivity contribution in [1.29, 1.82) is 0 Å². The van der Waals surface area contributed by atoms with E-state index in [1.165, 1.54) is 56.1 Å². The number of amides is 1. The molecule has 1 aliphatic rings. The van der Waals surface area contributed by atoms with Gasteiger partial charge in [0.2, 0.25) is 5.91 Å². The molecule has 0 saturated carbocycles. The highest BCUT2D eigenvalue weighted by atomic mass is 16.3. The fourth-order valence-corrected chi connectivity index (χ4v) is 4.29. The van der Waals surface area contributed by atoms with Crippen LogP contribution in [0.3, 0.4) is 0 Å². The maximum atomic E-state index is 12.3. The molecular weight excluding hydrogens is 322 g/mol. The molecule has 0 unspecified atom stereocenters. The van der Waals surface area contributed by atoms with Crippen molar-refractivity contribution in [1.82, 2.24) is 5.32 Å². The second kappa shape index (κ2) is 10.7. The van der Waals surface area contributed by atoms with Gasteiger partial charge in [-0.25, -0.2) is 0 Å². The van der Waals surface area contributed by atoms with Gasteiger partial charge in [-0.3, -0.25) is 4.79 Å². The molecule has 1 aliphatic heterocycles. The number of aliphatic hydroxyl groups excluding tert-OH is 1. The lowest BCUT2D eigenvalue weighted by atomic mass is 9.78. The Labute approximate surface area is 159 Å². The van der Waals surface area contributed by atoms with E-state index in [-0.39, 0.29) is 36.3 Å². The molecule has 3 atom stereocenters. The minimum absolute atomic E-state index is 0.000586.